The minimum Gasteiger partial charge on any atom is -0.325 e. The molecule has 2 aromatic carbocycles. The van der Waals surface area contributed by atoms with Gasteiger partial charge in [-0.15, -0.1) is 0 Å². The van der Waals surface area contributed by atoms with Crippen LogP contribution in [-0.2, 0) is 11.0 Å². The summed E-state index contributed by atoms with van der Waals surface area (Å²) in [5, 5.41) is 2.63. The Balaban J connectivity index is 1.60. The lowest BCUT2D eigenvalue weighted by Gasteiger charge is -2.12. The minimum absolute atomic E-state index is 0.0172. The summed E-state index contributed by atoms with van der Waals surface area (Å²) in [7, 11) is 0. The van der Waals surface area contributed by atoms with Crippen LogP contribution in [-0.4, -0.2) is 11.9 Å². The zero-order valence-electron chi connectivity index (χ0n) is 12.9. The van der Waals surface area contributed by atoms with Gasteiger partial charge in [0.05, 0.1) is 5.56 Å². The molecule has 0 radical (unpaired) electrons. The highest BCUT2D eigenvalue weighted by Gasteiger charge is 2.31. The van der Waals surface area contributed by atoms with E-state index in [1.807, 2.05) is 24.3 Å². The number of hydrogen-bond donors (Lipinski definition) is 3. The number of hydrazine groups is 1. The Labute approximate surface area is 150 Å². The molecule has 0 aliphatic carbocycles. The second kappa shape index (κ2) is 7.15. The molecule has 1 saturated heterocycles. The largest absolute Gasteiger partial charge is 0.416 e. The van der Waals surface area contributed by atoms with E-state index >= 15 is 0 Å². The number of carbonyl (C=O) groups is 1. The average Bonchev–Trinajstić information content (AvgIpc) is 3.05. The lowest BCUT2D eigenvalue weighted by atomic mass is 10.0. The fraction of sp³-hybridized carbons (Fsp3) is 0.235. The van der Waals surface area contributed by atoms with Gasteiger partial charge in [-0.1, -0.05) is 28.1 Å². The quantitative estimate of drug-likeness (QED) is 0.712. The summed E-state index contributed by atoms with van der Waals surface area (Å²) in [4.78, 5) is 12.3. The van der Waals surface area contributed by atoms with Crippen LogP contribution in [0.25, 0.3) is 0 Å². The number of hydrogen-bond acceptors (Lipinski definition) is 3. The smallest absolute Gasteiger partial charge is 0.325 e. The Hall–Kier alpha value is -1.90. The van der Waals surface area contributed by atoms with Crippen molar-refractivity contribution < 1.29 is 18.0 Å². The van der Waals surface area contributed by atoms with Gasteiger partial charge >= 0.3 is 6.18 Å². The molecular formula is C17H15BrF3N3O. The highest BCUT2D eigenvalue weighted by atomic mass is 79.9. The van der Waals surface area contributed by atoms with Crippen molar-refractivity contribution >= 4 is 27.5 Å². The fourth-order valence-electron chi connectivity index (χ4n) is 2.61. The Morgan fingerprint density at radius 3 is 2.28 bits per heavy atom. The molecule has 3 rings (SSSR count). The Bertz CT molecular complexity index is 747. The van der Waals surface area contributed by atoms with Crippen molar-refractivity contribution in [1.82, 2.24) is 10.9 Å². The first-order valence-corrected chi connectivity index (χ1v) is 8.37. The van der Waals surface area contributed by atoms with Crippen LogP contribution in [0.1, 0.15) is 23.6 Å². The molecular weight excluding hydrogens is 399 g/mol. The van der Waals surface area contributed by atoms with Gasteiger partial charge in [-0.05, 0) is 48.4 Å². The maximum atomic E-state index is 12.5. The molecule has 4 nitrogen and oxygen atoms in total. The molecule has 1 fully saturated rings. The average molecular weight is 414 g/mol. The first-order valence-electron chi connectivity index (χ1n) is 7.57. The lowest BCUT2D eigenvalue weighted by molar-refractivity contribution is -0.137. The van der Waals surface area contributed by atoms with Gasteiger partial charge in [0, 0.05) is 16.2 Å². The molecule has 2 aromatic rings. The number of halogens is 4. The lowest BCUT2D eigenvalue weighted by Crippen LogP contribution is -2.39. The molecule has 2 unspecified atom stereocenters. The molecule has 1 aliphatic heterocycles. The third kappa shape index (κ3) is 4.39. The van der Waals surface area contributed by atoms with Crippen LogP contribution in [0.2, 0.25) is 0 Å². The van der Waals surface area contributed by atoms with Crippen LogP contribution >= 0.6 is 15.9 Å². The molecule has 132 valence electrons. The van der Waals surface area contributed by atoms with Gasteiger partial charge in [0.25, 0.3) is 0 Å². The highest BCUT2D eigenvalue weighted by molar-refractivity contribution is 9.10. The number of anilines is 1. The van der Waals surface area contributed by atoms with Crippen LogP contribution in [0.4, 0.5) is 18.9 Å². The van der Waals surface area contributed by atoms with Crippen LogP contribution < -0.4 is 16.2 Å². The van der Waals surface area contributed by atoms with E-state index < -0.39 is 17.8 Å². The maximum Gasteiger partial charge on any atom is 0.416 e. The predicted molar refractivity (Wildman–Crippen MR) is 91.6 cm³/mol. The van der Waals surface area contributed by atoms with Gasteiger partial charge in [0.1, 0.15) is 6.04 Å². The van der Waals surface area contributed by atoms with Gasteiger partial charge < -0.3 is 5.32 Å². The van der Waals surface area contributed by atoms with Crippen molar-refractivity contribution in [2.45, 2.75) is 24.7 Å². The first kappa shape index (κ1) is 17.9. The van der Waals surface area contributed by atoms with Gasteiger partial charge in [0.15, 0.2) is 0 Å². The Morgan fingerprint density at radius 2 is 1.68 bits per heavy atom. The van der Waals surface area contributed by atoms with E-state index in [0.29, 0.717) is 12.1 Å². The summed E-state index contributed by atoms with van der Waals surface area (Å²) < 4.78 is 38.6. The zero-order chi connectivity index (χ0) is 18.0. The summed E-state index contributed by atoms with van der Waals surface area (Å²) >= 11 is 3.37. The summed E-state index contributed by atoms with van der Waals surface area (Å²) in [5.41, 5.74) is 6.60. The van der Waals surface area contributed by atoms with Gasteiger partial charge in [-0.25, -0.2) is 10.9 Å². The summed E-state index contributed by atoms with van der Waals surface area (Å²) in [6.07, 6.45) is -3.86. The van der Waals surface area contributed by atoms with Crippen LogP contribution in [0.5, 0.6) is 0 Å². The molecule has 0 aromatic heterocycles. The normalized spacial score (nSPS) is 20.5. The number of nitrogens with one attached hydrogen (secondary N) is 3. The zero-order valence-corrected chi connectivity index (χ0v) is 14.5. The van der Waals surface area contributed by atoms with Crippen molar-refractivity contribution in [3.63, 3.8) is 0 Å². The molecule has 1 aliphatic rings. The summed E-state index contributed by atoms with van der Waals surface area (Å²) in [5.74, 6) is -0.299. The molecule has 0 bridgehead atoms. The number of rotatable bonds is 3. The van der Waals surface area contributed by atoms with E-state index in [1.54, 1.807) is 0 Å². The molecule has 1 heterocycles. The maximum absolute atomic E-state index is 12.5. The number of carbonyl (C=O) groups excluding carboxylic acids is 1. The topological polar surface area (TPSA) is 53.2 Å². The van der Waals surface area contributed by atoms with Crippen LogP contribution in [0.15, 0.2) is 53.0 Å². The number of alkyl halides is 3. The Kier molecular flexibility index (Phi) is 5.12. The first-order chi connectivity index (χ1) is 11.8. The standard InChI is InChI=1S/C17H15BrF3N3O/c18-12-5-1-10(2-6-12)14-9-15(24-23-14)16(25)22-13-7-3-11(4-8-13)17(19,20)21/h1-8,14-15,23-24H,9H2,(H,22,25). The van der Waals surface area contributed by atoms with E-state index in [1.165, 1.54) is 12.1 Å². The van der Waals surface area contributed by atoms with Crippen molar-refractivity contribution in [3.8, 4) is 0 Å². The van der Waals surface area contributed by atoms with Crippen LogP contribution in [0, 0.1) is 0 Å². The van der Waals surface area contributed by atoms with Crippen molar-refractivity contribution in [2.75, 3.05) is 5.32 Å². The molecule has 1 amide bonds. The summed E-state index contributed by atoms with van der Waals surface area (Å²) in [6.45, 7) is 0. The second-order valence-electron chi connectivity index (χ2n) is 5.75. The molecule has 3 N–H and O–H groups in total. The van der Waals surface area contributed by atoms with Crippen LogP contribution in [0.3, 0.4) is 0 Å². The highest BCUT2D eigenvalue weighted by Crippen LogP contribution is 2.30. The van der Waals surface area contributed by atoms with Crippen molar-refractivity contribution in [3.05, 3.63) is 64.1 Å². The van der Waals surface area contributed by atoms with Gasteiger partial charge in [-0.2, -0.15) is 13.2 Å². The number of amides is 1. The monoisotopic (exact) mass is 413 g/mol. The molecule has 25 heavy (non-hydrogen) atoms. The predicted octanol–water partition coefficient (Wildman–Crippen LogP) is 4.01. The van der Waals surface area contributed by atoms with E-state index in [-0.39, 0.29) is 11.9 Å². The van der Waals surface area contributed by atoms with Crippen molar-refractivity contribution in [2.24, 2.45) is 0 Å². The van der Waals surface area contributed by atoms with E-state index in [2.05, 4.69) is 32.1 Å². The third-order valence-electron chi connectivity index (χ3n) is 3.97. The SMILES string of the molecule is O=C(Nc1ccc(C(F)(F)F)cc1)C1CC(c2ccc(Br)cc2)NN1. The Morgan fingerprint density at radius 1 is 1.04 bits per heavy atom. The number of benzene rings is 2. The second-order valence-corrected chi connectivity index (χ2v) is 6.66. The van der Waals surface area contributed by atoms with Crippen molar-refractivity contribution in [1.29, 1.82) is 0 Å². The third-order valence-corrected chi connectivity index (χ3v) is 4.50. The summed E-state index contributed by atoms with van der Waals surface area (Å²) in [6, 6.07) is 11.6. The molecule has 8 heteroatoms. The molecule has 0 spiro atoms. The van der Waals surface area contributed by atoms with E-state index in [0.717, 1.165) is 22.2 Å². The van der Waals surface area contributed by atoms with Gasteiger partial charge in [-0.3, -0.25) is 4.79 Å². The van der Waals surface area contributed by atoms with E-state index in [9.17, 15) is 18.0 Å². The van der Waals surface area contributed by atoms with E-state index in [4.69, 9.17) is 0 Å². The molecule has 2 atom stereocenters. The van der Waals surface area contributed by atoms with Gasteiger partial charge in [0.2, 0.25) is 5.91 Å². The molecule has 0 saturated carbocycles. The fourth-order valence-corrected chi connectivity index (χ4v) is 2.88. The minimum atomic E-state index is -4.39.